The number of hydrogen-bond donors (Lipinski definition) is 3. The van der Waals surface area contributed by atoms with E-state index in [1.807, 2.05) is 73.7 Å². The molecular weight excluding hydrogens is 687 g/mol. The van der Waals surface area contributed by atoms with Gasteiger partial charge in [-0.05, 0) is 97.3 Å². The molecule has 0 unspecified atom stereocenters. The van der Waals surface area contributed by atoms with Crippen LogP contribution in [0.15, 0.2) is 121 Å². The summed E-state index contributed by atoms with van der Waals surface area (Å²) in [5, 5.41) is 9.15. The normalized spacial score (nSPS) is 15.0. The molecule has 0 aliphatic carbocycles. The number of carbonyl (C=O) groups excluding carboxylic acids is 3. The van der Waals surface area contributed by atoms with Gasteiger partial charge < -0.3 is 20.3 Å². The molecule has 0 bridgehead atoms. The van der Waals surface area contributed by atoms with Gasteiger partial charge in [-0.25, -0.2) is 4.79 Å². The Morgan fingerprint density at radius 3 is 1.95 bits per heavy atom. The van der Waals surface area contributed by atoms with Crippen LogP contribution in [0.25, 0.3) is 33.4 Å². The summed E-state index contributed by atoms with van der Waals surface area (Å²) >= 11 is 0. The van der Waals surface area contributed by atoms with E-state index in [0.29, 0.717) is 49.4 Å². The van der Waals surface area contributed by atoms with Gasteiger partial charge in [0.1, 0.15) is 6.10 Å². The lowest BCUT2D eigenvalue weighted by Gasteiger charge is -2.31. The van der Waals surface area contributed by atoms with E-state index in [0.717, 1.165) is 78.0 Å². The van der Waals surface area contributed by atoms with Crippen LogP contribution in [0.4, 0.5) is 16.2 Å². The number of piperidine rings is 1. The quantitative estimate of drug-likeness (QED) is 0.119. The monoisotopic (exact) mass is 735 g/mol. The molecule has 7 rings (SSSR count). The lowest BCUT2D eigenvalue weighted by atomic mass is 9.88. The molecule has 2 saturated heterocycles. The molecule has 0 radical (unpaired) electrons. The second kappa shape index (κ2) is 18.0. The van der Waals surface area contributed by atoms with Gasteiger partial charge in [0.05, 0.1) is 12.2 Å². The largest absolute Gasteiger partial charge is 0.446 e. The fraction of sp³-hybridized carbons (Fsp3) is 0.283. The minimum absolute atomic E-state index is 0.0564. The molecule has 9 nitrogen and oxygen atoms in total. The van der Waals surface area contributed by atoms with Crippen molar-refractivity contribution in [2.24, 2.45) is 0 Å². The van der Waals surface area contributed by atoms with Gasteiger partial charge in [0.25, 0.3) is 5.91 Å². The van der Waals surface area contributed by atoms with Crippen LogP contribution in [0, 0.1) is 6.92 Å². The van der Waals surface area contributed by atoms with Crippen LogP contribution < -0.4 is 16.0 Å². The maximum absolute atomic E-state index is 13.5. The molecule has 2 heterocycles. The van der Waals surface area contributed by atoms with Crippen molar-refractivity contribution < 1.29 is 19.1 Å². The third-order valence-corrected chi connectivity index (χ3v) is 10.6. The average molecular weight is 736 g/mol. The molecule has 0 saturated carbocycles. The van der Waals surface area contributed by atoms with E-state index >= 15 is 0 Å². The molecule has 2 aliphatic heterocycles. The van der Waals surface area contributed by atoms with Crippen molar-refractivity contribution >= 4 is 29.3 Å². The molecule has 3 N–H and O–H groups in total. The summed E-state index contributed by atoms with van der Waals surface area (Å²) in [6.45, 7) is 6.82. The zero-order chi connectivity index (χ0) is 38.0. The number of ether oxygens (including phenoxy) is 1. The third kappa shape index (κ3) is 9.49. The fourth-order valence-corrected chi connectivity index (χ4v) is 7.69. The van der Waals surface area contributed by atoms with Crippen LogP contribution in [0.3, 0.4) is 0 Å². The lowest BCUT2D eigenvalue weighted by molar-refractivity contribution is -0.117. The Morgan fingerprint density at radius 2 is 1.24 bits per heavy atom. The number of rotatable bonds is 12. The number of amides is 3. The molecule has 0 atom stereocenters. The van der Waals surface area contributed by atoms with Crippen molar-refractivity contribution in [1.29, 1.82) is 0 Å². The molecule has 2 aliphatic rings. The number of likely N-dealkylation sites (tertiary alicyclic amines) is 2. The Morgan fingerprint density at radius 1 is 0.636 bits per heavy atom. The number of anilines is 2. The minimum Gasteiger partial charge on any atom is -0.446 e. The first-order valence-electron chi connectivity index (χ1n) is 19.4. The van der Waals surface area contributed by atoms with Crippen molar-refractivity contribution in [3.05, 3.63) is 132 Å². The highest BCUT2D eigenvalue weighted by Crippen LogP contribution is 2.42. The van der Waals surface area contributed by atoms with Crippen LogP contribution >= 0.6 is 0 Å². The highest BCUT2D eigenvalue weighted by Gasteiger charge is 2.24. The Bertz CT molecular complexity index is 2090. The zero-order valence-corrected chi connectivity index (χ0v) is 31.4. The second-order valence-electron chi connectivity index (χ2n) is 14.3. The Kier molecular flexibility index (Phi) is 12.3. The zero-order valence-electron chi connectivity index (χ0n) is 31.4. The summed E-state index contributed by atoms with van der Waals surface area (Å²) < 4.78 is 6.01. The smallest absolute Gasteiger partial charge is 0.411 e. The number of hydrogen-bond acceptors (Lipinski definition) is 6. The van der Waals surface area contributed by atoms with Gasteiger partial charge in [0.2, 0.25) is 5.91 Å². The van der Waals surface area contributed by atoms with Gasteiger partial charge in [0.15, 0.2) is 0 Å². The molecule has 2 fully saturated rings. The highest BCUT2D eigenvalue weighted by molar-refractivity contribution is 6.02. The van der Waals surface area contributed by atoms with Gasteiger partial charge in [-0.3, -0.25) is 19.8 Å². The Hall–Kier alpha value is -5.77. The predicted octanol–water partition coefficient (Wildman–Crippen LogP) is 8.47. The van der Waals surface area contributed by atoms with Crippen LogP contribution in [-0.2, 0) is 9.53 Å². The Labute approximate surface area is 323 Å². The van der Waals surface area contributed by atoms with E-state index in [2.05, 4.69) is 68.2 Å². The summed E-state index contributed by atoms with van der Waals surface area (Å²) in [5.74, 6) is -0.218. The maximum atomic E-state index is 13.5. The summed E-state index contributed by atoms with van der Waals surface area (Å²) in [5.41, 5.74) is 8.87. The standard InChI is InChI=1S/C46H49N5O4/c1-33-37(20-12-22-41(33)48-43(52)32-51-27-10-11-28-51)45(53)47-26-31-50-29-24-36(25-30-50)55-46(54)49-42-23-13-21-39(35-16-6-3-7-17-35)44(42)40-19-9-8-18-38(40)34-14-4-2-5-15-34/h2-9,12-23,36H,10-11,24-32H2,1H3,(H,47,53)(H,48,52)(H,49,54). The van der Waals surface area contributed by atoms with Crippen LogP contribution in [0.5, 0.6) is 0 Å². The molecule has 282 valence electrons. The van der Waals surface area contributed by atoms with Gasteiger partial charge in [-0.15, -0.1) is 0 Å². The average Bonchev–Trinajstić information content (AvgIpc) is 3.73. The molecule has 3 amide bonds. The van der Waals surface area contributed by atoms with E-state index in [-0.39, 0.29) is 17.9 Å². The van der Waals surface area contributed by atoms with Gasteiger partial charge in [-0.2, -0.15) is 0 Å². The fourth-order valence-electron chi connectivity index (χ4n) is 7.69. The topological polar surface area (TPSA) is 103 Å². The van der Waals surface area contributed by atoms with E-state index in [4.69, 9.17) is 4.74 Å². The first-order chi connectivity index (χ1) is 26.9. The SMILES string of the molecule is Cc1c(NC(=O)CN2CCCC2)cccc1C(=O)NCCN1CCC(OC(=O)Nc2cccc(-c3ccccc3)c2-c2ccccc2-c2ccccc2)CC1. The number of nitrogens with one attached hydrogen (secondary N) is 3. The van der Waals surface area contributed by atoms with Crippen LogP contribution in [0.1, 0.15) is 41.6 Å². The van der Waals surface area contributed by atoms with Crippen molar-refractivity contribution in [2.75, 3.05) is 56.4 Å². The molecule has 55 heavy (non-hydrogen) atoms. The Balaban J connectivity index is 0.936. The molecule has 5 aromatic carbocycles. The number of carbonyl (C=O) groups is 3. The first kappa shape index (κ1) is 37.5. The minimum atomic E-state index is -0.473. The van der Waals surface area contributed by atoms with E-state index < -0.39 is 6.09 Å². The number of benzene rings is 5. The van der Waals surface area contributed by atoms with Crippen LogP contribution in [0.2, 0.25) is 0 Å². The number of nitrogens with zero attached hydrogens (tertiary/aromatic N) is 2. The lowest BCUT2D eigenvalue weighted by Crippen LogP contribution is -2.42. The first-order valence-corrected chi connectivity index (χ1v) is 19.4. The summed E-state index contributed by atoms with van der Waals surface area (Å²) in [4.78, 5) is 43.7. The molecule has 9 heteroatoms. The van der Waals surface area contributed by atoms with E-state index in [1.165, 1.54) is 0 Å². The van der Waals surface area contributed by atoms with E-state index in [9.17, 15) is 14.4 Å². The predicted molar refractivity (Wildman–Crippen MR) is 220 cm³/mol. The highest BCUT2D eigenvalue weighted by atomic mass is 16.6. The summed E-state index contributed by atoms with van der Waals surface area (Å²) in [7, 11) is 0. The van der Waals surface area contributed by atoms with Crippen molar-refractivity contribution in [3.63, 3.8) is 0 Å². The van der Waals surface area contributed by atoms with Gasteiger partial charge >= 0.3 is 6.09 Å². The van der Waals surface area contributed by atoms with Crippen molar-refractivity contribution in [3.8, 4) is 33.4 Å². The van der Waals surface area contributed by atoms with Crippen LogP contribution in [-0.4, -0.2) is 79.6 Å². The second-order valence-corrected chi connectivity index (χ2v) is 14.3. The molecular formula is C46H49N5O4. The third-order valence-electron chi connectivity index (χ3n) is 10.6. The van der Waals surface area contributed by atoms with E-state index in [1.54, 1.807) is 12.1 Å². The summed E-state index contributed by atoms with van der Waals surface area (Å²) in [6, 6.07) is 40.2. The van der Waals surface area contributed by atoms with Crippen molar-refractivity contribution in [2.45, 2.75) is 38.7 Å². The molecule has 5 aromatic rings. The summed E-state index contributed by atoms with van der Waals surface area (Å²) in [6.07, 6.45) is 2.97. The molecule has 0 aromatic heterocycles. The van der Waals surface area contributed by atoms with Crippen molar-refractivity contribution in [1.82, 2.24) is 15.1 Å². The van der Waals surface area contributed by atoms with Gasteiger partial charge in [0, 0.05) is 43.0 Å². The molecule has 0 spiro atoms. The van der Waals surface area contributed by atoms with Gasteiger partial charge in [-0.1, -0.05) is 103 Å². The maximum Gasteiger partial charge on any atom is 0.411 e.